The molecule has 0 bridgehead atoms. The molecule has 0 aliphatic heterocycles. The highest BCUT2D eigenvalue weighted by molar-refractivity contribution is 5.77. The molecule has 20 heavy (non-hydrogen) atoms. The molecule has 3 nitrogen and oxygen atoms in total. The average molecular weight is 274 g/mol. The van der Waals surface area contributed by atoms with E-state index >= 15 is 0 Å². The van der Waals surface area contributed by atoms with Gasteiger partial charge in [0.1, 0.15) is 0 Å². The van der Waals surface area contributed by atoms with E-state index in [2.05, 4.69) is 30.4 Å². The molecule has 2 rings (SSSR count). The fourth-order valence-electron chi connectivity index (χ4n) is 3.07. The Morgan fingerprint density at radius 2 is 2.05 bits per heavy atom. The van der Waals surface area contributed by atoms with Crippen molar-refractivity contribution in [2.75, 3.05) is 0 Å². The van der Waals surface area contributed by atoms with Crippen LogP contribution in [0.4, 0.5) is 0 Å². The Hall–Kier alpha value is -1.35. The number of hydrogen-bond donors (Lipinski definition) is 2. The zero-order chi connectivity index (χ0) is 14.6. The molecule has 110 valence electrons. The smallest absolute Gasteiger partial charge is 0.222 e. The highest BCUT2D eigenvalue weighted by atomic mass is 16.1. The van der Waals surface area contributed by atoms with Crippen molar-refractivity contribution in [2.45, 2.75) is 64.0 Å². The summed E-state index contributed by atoms with van der Waals surface area (Å²) in [5.74, 6) is 0.0726. The minimum atomic E-state index is -0.283. The molecular weight excluding hydrogens is 248 g/mol. The number of rotatable bonds is 4. The lowest BCUT2D eigenvalue weighted by molar-refractivity contribution is -0.123. The quantitative estimate of drug-likeness (QED) is 0.885. The highest BCUT2D eigenvalue weighted by Crippen LogP contribution is 2.28. The molecule has 1 aromatic carbocycles. The maximum Gasteiger partial charge on any atom is 0.222 e. The normalized spacial score (nSPS) is 19.4. The monoisotopic (exact) mass is 274 g/mol. The molecule has 1 amide bonds. The van der Waals surface area contributed by atoms with Gasteiger partial charge < -0.3 is 11.1 Å². The summed E-state index contributed by atoms with van der Waals surface area (Å²) in [6, 6.07) is 8.29. The van der Waals surface area contributed by atoms with E-state index in [0.29, 0.717) is 6.42 Å². The second-order valence-corrected chi connectivity index (χ2v) is 6.30. The molecule has 0 aromatic heterocycles. The lowest BCUT2D eigenvalue weighted by Crippen LogP contribution is -2.46. The zero-order valence-corrected chi connectivity index (χ0v) is 12.6. The number of amides is 1. The van der Waals surface area contributed by atoms with Crippen LogP contribution >= 0.6 is 0 Å². The molecular formula is C17H26N2O. The van der Waals surface area contributed by atoms with Crippen molar-refractivity contribution in [1.29, 1.82) is 0 Å². The first-order chi connectivity index (χ1) is 9.48. The minimum absolute atomic E-state index is 0.0367. The second-order valence-electron chi connectivity index (χ2n) is 6.30. The molecule has 1 aromatic rings. The van der Waals surface area contributed by atoms with Crippen molar-refractivity contribution < 1.29 is 4.79 Å². The SMILES string of the molecule is Cc1cccc([C@H](C)NC(=O)CC2(N)CCCCC2)c1. The Kier molecular flexibility index (Phi) is 4.81. The van der Waals surface area contributed by atoms with Crippen molar-refractivity contribution in [2.24, 2.45) is 5.73 Å². The second kappa shape index (κ2) is 6.40. The van der Waals surface area contributed by atoms with Gasteiger partial charge in [0.2, 0.25) is 5.91 Å². The van der Waals surface area contributed by atoms with Gasteiger partial charge in [0.25, 0.3) is 0 Å². The van der Waals surface area contributed by atoms with E-state index in [1.54, 1.807) is 0 Å². The third kappa shape index (κ3) is 4.07. The Morgan fingerprint density at radius 1 is 1.35 bits per heavy atom. The molecule has 0 radical (unpaired) electrons. The molecule has 0 unspecified atom stereocenters. The van der Waals surface area contributed by atoms with Crippen LogP contribution in [0.3, 0.4) is 0 Å². The lowest BCUT2D eigenvalue weighted by Gasteiger charge is -2.33. The maximum atomic E-state index is 12.2. The van der Waals surface area contributed by atoms with E-state index in [1.165, 1.54) is 12.0 Å². The van der Waals surface area contributed by atoms with E-state index in [-0.39, 0.29) is 17.5 Å². The average Bonchev–Trinajstić information content (AvgIpc) is 2.38. The number of hydrogen-bond acceptors (Lipinski definition) is 2. The predicted octanol–water partition coefficient (Wildman–Crippen LogP) is 3.22. The topological polar surface area (TPSA) is 55.1 Å². The lowest BCUT2D eigenvalue weighted by atomic mass is 9.80. The van der Waals surface area contributed by atoms with Gasteiger partial charge in [0.05, 0.1) is 6.04 Å². The maximum absolute atomic E-state index is 12.2. The molecule has 0 heterocycles. The molecule has 3 heteroatoms. The van der Waals surface area contributed by atoms with Gasteiger partial charge in [-0.2, -0.15) is 0 Å². The van der Waals surface area contributed by atoms with Crippen LogP contribution in [0.1, 0.15) is 62.6 Å². The number of aryl methyl sites for hydroxylation is 1. The van der Waals surface area contributed by atoms with Crippen LogP contribution in [0.2, 0.25) is 0 Å². The number of benzene rings is 1. The summed E-state index contributed by atoms with van der Waals surface area (Å²) in [6.45, 7) is 4.09. The van der Waals surface area contributed by atoms with Gasteiger partial charge >= 0.3 is 0 Å². The van der Waals surface area contributed by atoms with Crippen LogP contribution in [-0.2, 0) is 4.79 Å². The fraction of sp³-hybridized carbons (Fsp3) is 0.588. The summed E-state index contributed by atoms with van der Waals surface area (Å²) in [5.41, 5.74) is 8.42. The molecule has 3 N–H and O–H groups in total. The fourth-order valence-corrected chi connectivity index (χ4v) is 3.07. The Bertz CT molecular complexity index is 464. The van der Waals surface area contributed by atoms with Gasteiger partial charge in [-0.05, 0) is 32.3 Å². The van der Waals surface area contributed by atoms with Crippen LogP contribution in [-0.4, -0.2) is 11.4 Å². The van der Waals surface area contributed by atoms with E-state index < -0.39 is 0 Å². The van der Waals surface area contributed by atoms with Gasteiger partial charge in [-0.3, -0.25) is 4.79 Å². The zero-order valence-electron chi connectivity index (χ0n) is 12.6. The van der Waals surface area contributed by atoms with Crippen molar-refractivity contribution in [3.63, 3.8) is 0 Å². The van der Waals surface area contributed by atoms with Crippen LogP contribution in [0.5, 0.6) is 0 Å². The summed E-state index contributed by atoms with van der Waals surface area (Å²) in [7, 11) is 0. The van der Waals surface area contributed by atoms with Crippen molar-refractivity contribution in [1.82, 2.24) is 5.32 Å². The first-order valence-electron chi connectivity index (χ1n) is 7.63. The van der Waals surface area contributed by atoms with Crippen LogP contribution in [0.25, 0.3) is 0 Å². The third-order valence-corrected chi connectivity index (χ3v) is 4.28. The Labute approximate surface area is 121 Å². The van der Waals surface area contributed by atoms with Gasteiger partial charge in [0, 0.05) is 12.0 Å². The Morgan fingerprint density at radius 3 is 2.70 bits per heavy atom. The van der Waals surface area contributed by atoms with E-state index in [1.807, 2.05) is 13.0 Å². The summed E-state index contributed by atoms with van der Waals surface area (Å²) >= 11 is 0. The number of nitrogens with one attached hydrogen (secondary N) is 1. The predicted molar refractivity (Wildman–Crippen MR) is 82.4 cm³/mol. The van der Waals surface area contributed by atoms with Gasteiger partial charge in [-0.1, -0.05) is 49.1 Å². The minimum Gasteiger partial charge on any atom is -0.350 e. The molecule has 0 spiro atoms. The largest absolute Gasteiger partial charge is 0.350 e. The van der Waals surface area contributed by atoms with Crippen LogP contribution in [0.15, 0.2) is 24.3 Å². The van der Waals surface area contributed by atoms with Gasteiger partial charge in [-0.25, -0.2) is 0 Å². The van der Waals surface area contributed by atoms with Crippen molar-refractivity contribution >= 4 is 5.91 Å². The van der Waals surface area contributed by atoms with Crippen molar-refractivity contribution in [3.05, 3.63) is 35.4 Å². The number of carbonyl (C=O) groups is 1. The molecule has 1 saturated carbocycles. The summed E-state index contributed by atoms with van der Waals surface area (Å²) in [4.78, 5) is 12.2. The molecule has 0 saturated heterocycles. The highest BCUT2D eigenvalue weighted by Gasteiger charge is 2.30. The standard InChI is InChI=1S/C17H26N2O/c1-13-7-6-8-15(11-13)14(2)19-16(20)12-17(18)9-4-3-5-10-17/h6-8,11,14H,3-5,9-10,12,18H2,1-2H3,(H,19,20)/t14-/m0/s1. The molecule has 1 aliphatic rings. The summed E-state index contributed by atoms with van der Waals surface area (Å²) < 4.78 is 0. The Balaban J connectivity index is 1.90. The number of nitrogens with two attached hydrogens (primary N) is 1. The van der Waals surface area contributed by atoms with Crippen LogP contribution in [0, 0.1) is 6.92 Å². The van der Waals surface area contributed by atoms with Gasteiger partial charge in [-0.15, -0.1) is 0 Å². The van der Waals surface area contributed by atoms with Crippen LogP contribution < -0.4 is 11.1 Å². The summed E-state index contributed by atoms with van der Waals surface area (Å²) in [5, 5.41) is 3.08. The van der Waals surface area contributed by atoms with Gasteiger partial charge in [0.15, 0.2) is 0 Å². The van der Waals surface area contributed by atoms with E-state index in [4.69, 9.17) is 5.73 Å². The third-order valence-electron chi connectivity index (χ3n) is 4.28. The van der Waals surface area contributed by atoms with E-state index in [0.717, 1.165) is 31.2 Å². The summed E-state index contributed by atoms with van der Waals surface area (Å²) in [6.07, 6.45) is 5.94. The van der Waals surface area contributed by atoms with Crippen molar-refractivity contribution in [3.8, 4) is 0 Å². The molecule has 1 fully saturated rings. The first-order valence-corrected chi connectivity index (χ1v) is 7.63. The van der Waals surface area contributed by atoms with E-state index in [9.17, 15) is 4.79 Å². The first kappa shape index (κ1) is 15.0. The number of carbonyl (C=O) groups excluding carboxylic acids is 1. The molecule has 1 aliphatic carbocycles. The molecule has 1 atom stereocenters.